The Kier molecular flexibility index (Phi) is 6.40. The van der Waals surface area contributed by atoms with E-state index >= 15 is 0 Å². The predicted octanol–water partition coefficient (Wildman–Crippen LogP) is 3.72. The van der Waals surface area contributed by atoms with Crippen LogP contribution in [0.5, 0.6) is 0 Å². The van der Waals surface area contributed by atoms with E-state index in [1.807, 2.05) is 6.92 Å². The minimum Gasteiger partial charge on any atom is -0.326 e. The van der Waals surface area contributed by atoms with Crippen molar-refractivity contribution < 1.29 is 13.2 Å². The van der Waals surface area contributed by atoms with Crippen LogP contribution in [0.15, 0.2) is 51.8 Å². The molecule has 2 aromatic rings. The first kappa shape index (κ1) is 18.9. The number of benzene rings is 2. The quantitative estimate of drug-likeness (QED) is 0.732. The molecule has 0 radical (unpaired) electrons. The third-order valence-electron chi connectivity index (χ3n) is 3.22. The minimum atomic E-state index is -3.63. The van der Waals surface area contributed by atoms with E-state index in [1.54, 1.807) is 30.3 Å². The van der Waals surface area contributed by atoms with Gasteiger partial charge in [0.25, 0.3) is 0 Å². The zero-order valence-electron chi connectivity index (χ0n) is 12.8. The van der Waals surface area contributed by atoms with Gasteiger partial charge in [0.15, 0.2) is 0 Å². The fourth-order valence-electron chi connectivity index (χ4n) is 1.89. The average Bonchev–Trinajstić information content (AvgIpc) is 2.51. The van der Waals surface area contributed by atoms with Crippen LogP contribution in [0, 0.1) is 6.92 Å². The number of hydrogen-bond donors (Lipinski definition) is 2. The number of rotatable bonds is 6. The molecule has 0 unspecified atom stereocenters. The molecule has 0 aliphatic rings. The molecule has 2 N–H and O–H groups in total. The molecule has 0 aromatic heterocycles. The molecule has 128 valence electrons. The highest BCUT2D eigenvalue weighted by molar-refractivity contribution is 9.10. The van der Waals surface area contributed by atoms with Crippen molar-refractivity contribution in [2.75, 3.05) is 11.9 Å². The van der Waals surface area contributed by atoms with E-state index in [0.29, 0.717) is 10.7 Å². The average molecular weight is 432 g/mol. The van der Waals surface area contributed by atoms with Gasteiger partial charge in [0, 0.05) is 28.1 Å². The first-order chi connectivity index (χ1) is 11.3. The second-order valence-electron chi connectivity index (χ2n) is 5.11. The SMILES string of the molecule is Cc1ccc(NC(=O)CCNS(=O)(=O)c2ccc(Br)cc2)cc1Cl. The molecule has 0 spiro atoms. The number of aryl methyl sites for hydroxylation is 1. The number of sulfonamides is 1. The molecule has 24 heavy (non-hydrogen) atoms. The number of hydrogen-bond acceptors (Lipinski definition) is 3. The minimum absolute atomic E-state index is 0.00379. The number of amides is 1. The largest absolute Gasteiger partial charge is 0.326 e. The van der Waals surface area contributed by atoms with Gasteiger partial charge in [0.2, 0.25) is 15.9 Å². The lowest BCUT2D eigenvalue weighted by atomic mass is 10.2. The summed E-state index contributed by atoms with van der Waals surface area (Å²) in [7, 11) is -3.63. The molecule has 2 aromatic carbocycles. The van der Waals surface area contributed by atoms with E-state index in [0.717, 1.165) is 10.0 Å². The summed E-state index contributed by atoms with van der Waals surface area (Å²) in [4.78, 5) is 12.0. The normalized spacial score (nSPS) is 11.3. The molecular formula is C16H16BrClN2O3S. The molecular weight excluding hydrogens is 416 g/mol. The molecule has 5 nitrogen and oxygen atoms in total. The lowest BCUT2D eigenvalue weighted by molar-refractivity contribution is -0.116. The van der Waals surface area contributed by atoms with Crippen LogP contribution >= 0.6 is 27.5 Å². The smallest absolute Gasteiger partial charge is 0.240 e. The van der Waals surface area contributed by atoms with Crippen molar-refractivity contribution in [3.8, 4) is 0 Å². The number of nitrogens with one attached hydrogen (secondary N) is 2. The summed E-state index contributed by atoms with van der Waals surface area (Å²) in [6.45, 7) is 1.87. The van der Waals surface area contributed by atoms with Gasteiger partial charge in [-0.3, -0.25) is 4.79 Å². The third kappa shape index (κ3) is 5.31. The van der Waals surface area contributed by atoms with E-state index in [-0.39, 0.29) is 23.8 Å². The predicted molar refractivity (Wildman–Crippen MR) is 98.8 cm³/mol. The summed E-state index contributed by atoms with van der Waals surface area (Å²) in [5, 5.41) is 3.24. The summed E-state index contributed by atoms with van der Waals surface area (Å²) in [6, 6.07) is 11.5. The van der Waals surface area contributed by atoms with Crippen molar-refractivity contribution in [3.05, 3.63) is 57.5 Å². The molecule has 0 heterocycles. The first-order valence-corrected chi connectivity index (χ1v) is 9.74. The first-order valence-electron chi connectivity index (χ1n) is 7.09. The molecule has 0 atom stereocenters. The van der Waals surface area contributed by atoms with Crippen LogP contribution in [-0.2, 0) is 14.8 Å². The molecule has 8 heteroatoms. The van der Waals surface area contributed by atoms with Crippen LogP contribution in [-0.4, -0.2) is 20.9 Å². The maximum atomic E-state index is 12.1. The van der Waals surface area contributed by atoms with Gasteiger partial charge < -0.3 is 5.32 Å². The number of carbonyl (C=O) groups excluding carboxylic acids is 1. The Labute approximate surface area is 154 Å². The number of halogens is 2. The maximum absolute atomic E-state index is 12.1. The van der Waals surface area contributed by atoms with Gasteiger partial charge in [0.1, 0.15) is 0 Å². The summed E-state index contributed by atoms with van der Waals surface area (Å²) in [5.74, 6) is -0.298. The maximum Gasteiger partial charge on any atom is 0.240 e. The lowest BCUT2D eigenvalue weighted by Gasteiger charge is -2.08. The molecule has 0 fully saturated rings. The molecule has 0 saturated carbocycles. The van der Waals surface area contributed by atoms with E-state index < -0.39 is 10.0 Å². The highest BCUT2D eigenvalue weighted by atomic mass is 79.9. The summed E-state index contributed by atoms with van der Waals surface area (Å²) in [6.07, 6.45) is 0.0151. The van der Waals surface area contributed by atoms with Crippen LogP contribution in [0.3, 0.4) is 0 Å². The van der Waals surface area contributed by atoms with E-state index in [4.69, 9.17) is 11.6 Å². The van der Waals surface area contributed by atoms with Gasteiger partial charge >= 0.3 is 0 Å². The second kappa shape index (κ2) is 8.11. The van der Waals surface area contributed by atoms with Gasteiger partial charge in [0.05, 0.1) is 4.90 Å². The van der Waals surface area contributed by atoms with E-state index in [9.17, 15) is 13.2 Å². The van der Waals surface area contributed by atoms with Crippen molar-refractivity contribution in [2.45, 2.75) is 18.2 Å². The lowest BCUT2D eigenvalue weighted by Crippen LogP contribution is -2.27. The van der Waals surface area contributed by atoms with Crippen molar-refractivity contribution in [1.29, 1.82) is 0 Å². The van der Waals surface area contributed by atoms with Crippen molar-refractivity contribution in [3.63, 3.8) is 0 Å². The Bertz CT molecular complexity index is 839. The van der Waals surface area contributed by atoms with E-state index in [1.165, 1.54) is 12.1 Å². The van der Waals surface area contributed by atoms with Crippen LogP contribution in [0.2, 0.25) is 5.02 Å². The van der Waals surface area contributed by atoms with Crippen molar-refractivity contribution >= 4 is 49.1 Å². The molecule has 1 amide bonds. The highest BCUT2D eigenvalue weighted by Crippen LogP contribution is 2.20. The fourth-order valence-corrected chi connectivity index (χ4v) is 3.37. The molecule has 0 bridgehead atoms. The van der Waals surface area contributed by atoms with Gasteiger partial charge in [-0.25, -0.2) is 13.1 Å². The highest BCUT2D eigenvalue weighted by Gasteiger charge is 2.14. The van der Waals surface area contributed by atoms with Crippen LogP contribution in [0.1, 0.15) is 12.0 Å². The Morgan fingerprint density at radius 2 is 1.83 bits per heavy atom. The summed E-state index contributed by atoms with van der Waals surface area (Å²) < 4.78 is 27.4. The zero-order chi connectivity index (χ0) is 17.7. The summed E-state index contributed by atoms with van der Waals surface area (Å²) in [5.41, 5.74) is 1.49. The Morgan fingerprint density at radius 1 is 1.17 bits per heavy atom. The van der Waals surface area contributed by atoms with Gasteiger partial charge in [-0.15, -0.1) is 0 Å². The zero-order valence-corrected chi connectivity index (χ0v) is 16.0. The standard InChI is InChI=1S/C16H16BrClN2O3S/c1-11-2-5-13(10-15(11)18)20-16(21)8-9-19-24(22,23)14-6-3-12(17)4-7-14/h2-7,10,19H,8-9H2,1H3,(H,20,21). The second-order valence-corrected chi connectivity index (χ2v) is 8.20. The topological polar surface area (TPSA) is 75.3 Å². The molecule has 0 aliphatic carbocycles. The van der Waals surface area contributed by atoms with Gasteiger partial charge in [-0.1, -0.05) is 33.6 Å². The Morgan fingerprint density at radius 3 is 2.46 bits per heavy atom. The number of anilines is 1. The van der Waals surface area contributed by atoms with Crippen LogP contribution in [0.4, 0.5) is 5.69 Å². The molecule has 0 saturated heterocycles. The van der Waals surface area contributed by atoms with Gasteiger partial charge in [-0.2, -0.15) is 0 Å². The third-order valence-corrected chi connectivity index (χ3v) is 5.64. The van der Waals surface area contributed by atoms with E-state index in [2.05, 4.69) is 26.0 Å². The van der Waals surface area contributed by atoms with Crippen LogP contribution in [0.25, 0.3) is 0 Å². The molecule has 0 aliphatic heterocycles. The van der Waals surface area contributed by atoms with Gasteiger partial charge in [-0.05, 0) is 48.9 Å². The molecule has 2 rings (SSSR count). The Balaban J connectivity index is 1.87. The van der Waals surface area contributed by atoms with Crippen molar-refractivity contribution in [1.82, 2.24) is 4.72 Å². The summed E-state index contributed by atoms with van der Waals surface area (Å²) >= 11 is 9.24. The van der Waals surface area contributed by atoms with Crippen molar-refractivity contribution in [2.24, 2.45) is 0 Å². The number of carbonyl (C=O) groups is 1. The Hall–Kier alpha value is -1.41. The van der Waals surface area contributed by atoms with Crippen LogP contribution < -0.4 is 10.0 Å². The monoisotopic (exact) mass is 430 g/mol. The fraction of sp³-hybridized carbons (Fsp3) is 0.188.